The summed E-state index contributed by atoms with van der Waals surface area (Å²) < 4.78 is 5.20. The lowest BCUT2D eigenvalue weighted by molar-refractivity contribution is 0.213. The number of aliphatic hydroxyl groups excluding tert-OH is 1. The summed E-state index contributed by atoms with van der Waals surface area (Å²) in [7, 11) is 1.66. The van der Waals surface area contributed by atoms with Crippen LogP contribution in [0, 0.1) is 0 Å². The second-order valence-electron chi connectivity index (χ2n) is 3.15. The summed E-state index contributed by atoms with van der Waals surface area (Å²) in [5.74, 6) is 0.878. The predicted molar refractivity (Wildman–Crippen MR) is 57.5 cm³/mol. The lowest BCUT2D eigenvalue weighted by Crippen LogP contribution is -2.03. The Morgan fingerprint density at radius 2 is 2.21 bits per heavy atom. The van der Waals surface area contributed by atoms with Crippen LogP contribution in [0.15, 0.2) is 36.9 Å². The Morgan fingerprint density at radius 1 is 1.50 bits per heavy atom. The van der Waals surface area contributed by atoms with Crippen LogP contribution in [0.3, 0.4) is 0 Å². The maximum absolute atomic E-state index is 9.32. The Labute approximate surface area is 84.8 Å². The van der Waals surface area contributed by atoms with E-state index in [0.717, 1.165) is 17.7 Å². The third-order valence-corrected chi connectivity index (χ3v) is 2.17. The van der Waals surface area contributed by atoms with E-state index in [1.54, 1.807) is 13.2 Å². The molecule has 0 amide bonds. The number of hydrogen-bond donors (Lipinski definition) is 1. The molecule has 14 heavy (non-hydrogen) atoms. The number of hydrogen-bond acceptors (Lipinski definition) is 2. The Hall–Kier alpha value is -1.28. The molecule has 76 valence electrons. The fourth-order valence-corrected chi connectivity index (χ4v) is 1.33. The number of rotatable bonds is 5. The molecule has 0 fully saturated rings. The lowest BCUT2D eigenvalue weighted by Gasteiger charge is -2.09. The maximum Gasteiger partial charge on any atom is 0.122 e. The number of aliphatic hydroxyl groups is 1. The van der Waals surface area contributed by atoms with Crippen molar-refractivity contribution >= 4 is 0 Å². The quantitative estimate of drug-likeness (QED) is 0.724. The van der Waals surface area contributed by atoms with Crippen LogP contribution in [0.25, 0.3) is 0 Å². The minimum absolute atomic E-state index is 0.431. The van der Waals surface area contributed by atoms with Crippen molar-refractivity contribution < 1.29 is 9.84 Å². The summed E-state index contributed by atoms with van der Waals surface area (Å²) in [6.45, 7) is 3.53. The van der Waals surface area contributed by atoms with Gasteiger partial charge < -0.3 is 9.84 Å². The van der Waals surface area contributed by atoms with Crippen LogP contribution in [0.1, 0.15) is 12.0 Å². The van der Waals surface area contributed by atoms with Gasteiger partial charge in [-0.15, -0.1) is 6.58 Å². The Balaban J connectivity index is 2.61. The van der Waals surface area contributed by atoms with Crippen LogP contribution in [-0.4, -0.2) is 18.3 Å². The normalized spacial score (nSPS) is 12.1. The molecule has 0 bridgehead atoms. The Kier molecular flexibility index (Phi) is 4.20. The fraction of sp³-hybridized carbons (Fsp3) is 0.333. The Morgan fingerprint density at radius 3 is 2.86 bits per heavy atom. The second-order valence-corrected chi connectivity index (χ2v) is 3.15. The monoisotopic (exact) mass is 192 g/mol. The van der Waals surface area contributed by atoms with Crippen molar-refractivity contribution in [1.82, 2.24) is 0 Å². The van der Waals surface area contributed by atoms with Crippen LogP contribution < -0.4 is 4.74 Å². The topological polar surface area (TPSA) is 29.5 Å². The van der Waals surface area contributed by atoms with Gasteiger partial charge in [0.25, 0.3) is 0 Å². The molecule has 0 saturated carbocycles. The van der Waals surface area contributed by atoms with Crippen molar-refractivity contribution in [1.29, 1.82) is 0 Å². The van der Waals surface area contributed by atoms with Crippen molar-refractivity contribution in [2.75, 3.05) is 7.11 Å². The molecule has 1 atom stereocenters. The molecule has 1 rings (SSSR count). The highest BCUT2D eigenvalue weighted by Crippen LogP contribution is 2.19. The summed E-state index contributed by atoms with van der Waals surface area (Å²) in [6.07, 6.45) is 2.61. The van der Waals surface area contributed by atoms with Gasteiger partial charge in [0.2, 0.25) is 0 Å². The first-order chi connectivity index (χ1) is 6.77. The molecule has 0 spiro atoms. The summed E-state index contributed by atoms with van der Waals surface area (Å²) >= 11 is 0. The number of methoxy groups -OCH3 is 1. The van der Waals surface area contributed by atoms with Crippen LogP contribution >= 0.6 is 0 Å². The fourth-order valence-electron chi connectivity index (χ4n) is 1.33. The lowest BCUT2D eigenvalue weighted by atomic mass is 10.1. The van der Waals surface area contributed by atoms with Crippen LogP contribution in [0.4, 0.5) is 0 Å². The number of ether oxygens (including phenoxy) is 1. The maximum atomic E-state index is 9.32. The third kappa shape index (κ3) is 2.89. The summed E-state index contributed by atoms with van der Waals surface area (Å²) in [5.41, 5.74) is 1.12. The highest BCUT2D eigenvalue weighted by Gasteiger charge is 2.03. The molecule has 0 aliphatic heterocycles. The molecule has 0 radical (unpaired) electrons. The van der Waals surface area contributed by atoms with E-state index < -0.39 is 6.10 Å². The van der Waals surface area contributed by atoms with E-state index in [0.29, 0.717) is 6.42 Å². The zero-order chi connectivity index (χ0) is 10.4. The van der Waals surface area contributed by atoms with Crippen molar-refractivity contribution in [3.63, 3.8) is 0 Å². The first kappa shape index (κ1) is 10.8. The van der Waals surface area contributed by atoms with Crippen LogP contribution in [-0.2, 0) is 6.42 Å². The van der Waals surface area contributed by atoms with Crippen molar-refractivity contribution in [3.8, 4) is 5.75 Å². The zero-order valence-electron chi connectivity index (χ0n) is 8.44. The molecule has 0 heterocycles. The van der Waals surface area contributed by atoms with Gasteiger partial charge in [-0.05, 0) is 24.5 Å². The molecule has 0 aromatic heterocycles. The molecule has 2 heteroatoms. The van der Waals surface area contributed by atoms with E-state index >= 15 is 0 Å². The Bertz CT molecular complexity index is 294. The van der Waals surface area contributed by atoms with Crippen LogP contribution in [0.5, 0.6) is 5.75 Å². The minimum atomic E-state index is -0.431. The zero-order valence-corrected chi connectivity index (χ0v) is 8.44. The smallest absolute Gasteiger partial charge is 0.122 e. The number of para-hydroxylation sites is 1. The summed E-state index contributed by atoms with van der Waals surface area (Å²) in [6, 6.07) is 7.84. The van der Waals surface area contributed by atoms with E-state index in [-0.39, 0.29) is 0 Å². The summed E-state index contributed by atoms with van der Waals surface area (Å²) in [5, 5.41) is 9.32. The van der Waals surface area contributed by atoms with Gasteiger partial charge in [-0.3, -0.25) is 0 Å². The van der Waals surface area contributed by atoms with Gasteiger partial charge in [0.05, 0.1) is 13.2 Å². The SMILES string of the molecule is C=CC(O)CCc1ccccc1OC. The highest BCUT2D eigenvalue weighted by atomic mass is 16.5. The van der Waals surface area contributed by atoms with Crippen molar-refractivity contribution in [2.24, 2.45) is 0 Å². The molecule has 1 aromatic rings. The van der Waals surface area contributed by atoms with Gasteiger partial charge in [-0.2, -0.15) is 0 Å². The third-order valence-electron chi connectivity index (χ3n) is 2.17. The van der Waals surface area contributed by atoms with Gasteiger partial charge >= 0.3 is 0 Å². The number of aryl methyl sites for hydroxylation is 1. The van der Waals surface area contributed by atoms with Crippen LogP contribution in [0.2, 0.25) is 0 Å². The molecule has 0 aliphatic carbocycles. The van der Waals surface area contributed by atoms with E-state index in [1.807, 2.05) is 24.3 Å². The molecule has 2 nitrogen and oxygen atoms in total. The predicted octanol–water partition coefficient (Wildman–Crippen LogP) is 2.17. The minimum Gasteiger partial charge on any atom is -0.496 e. The van der Waals surface area contributed by atoms with E-state index in [4.69, 9.17) is 4.74 Å². The van der Waals surface area contributed by atoms with Crippen molar-refractivity contribution in [2.45, 2.75) is 18.9 Å². The van der Waals surface area contributed by atoms with E-state index in [2.05, 4.69) is 6.58 Å². The van der Waals surface area contributed by atoms with Crippen molar-refractivity contribution in [3.05, 3.63) is 42.5 Å². The standard InChI is InChI=1S/C12H16O2/c1-3-11(13)9-8-10-6-4-5-7-12(10)14-2/h3-7,11,13H,1,8-9H2,2H3. The molecule has 1 aromatic carbocycles. The van der Waals surface area contributed by atoms with Gasteiger partial charge in [-0.25, -0.2) is 0 Å². The number of benzene rings is 1. The first-order valence-corrected chi connectivity index (χ1v) is 4.70. The highest BCUT2D eigenvalue weighted by molar-refractivity contribution is 5.33. The first-order valence-electron chi connectivity index (χ1n) is 4.70. The molecule has 0 saturated heterocycles. The van der Waals surface area contributed by atoms with E-state index in [9.17, 15) is 5.11 Å². The molecule has 0 aliphatic rings. The molecular formula is C12H16O2. The van der Waals surface area contributed by atoms with Gasteiger partial charge in [0.15, 0.2) is 0 Å². The summed E-state index contributed by atoms with van der Waals surface area (Å²) in [4.78, 5) is 0. The second kappa shape index (κ2) is 5.45. The molecule has 1 unspecified atom stereocenters. The molecular weight excluding hydrogens is 176 g/mol. The van der Waals surface area contributed by atoms with E-state index in [1.165, 1.54) is 0 Å². The van der Waals surface area contributed by atoms with Gasteiger partial charge in [0.1, 0.15) is 5.75 Å². The molecule has 1 N–H and O–H groups in total. The average molecular weight is 192 g/mol. The average Bonchev–Trinajstić information content (AvgIpc) is 2.26. The van der Waals surface area contributed by atoms with Gasteiger partial charge in [0, 0.05) is 0 Å². The van der Waals surface area contributed by atoms with Gasteiger partial charge in [-0.1, -0.05) is 24.3 Å². The largest absolute Gasteiger partial charge is 0.496 e.